The van der Waals surface area contributed by atoms with Crippen molar-refractivity contribution in [2.45, 2.75) is 38.8 Å². The summed E-state index contributed by atoms with van der Waals surface area (Å²) in [5.74, 6) is 0.785. The molecule has 8 heteroatoms. The largest absolute Gasteiger partial charge is 0.444 e. The van der Waals surface area contributed by atoms with Gasteiger partial charge in [0.2, 0.25) is 0 Å². The standard InChI is InChI=1S/C11H23NO5S2/c1-11(2,3)17-10(13)12-9(6-7-18-4)8-16-19(5,14)15/h9H,6-8H2,1-5H3,(H,12,13)/t9-/m0/s1. The van der Waals surface area contributed by atoms with Crippen molar-refractivity contribution in [3.63, 3.8) is 0 Å². The highest BCUT2D eigenvalue weighted by atomic mass is 32.2. The molecule has 0 saturated carbocycles. The number of alkyl carbamates (subject to hydrolysis) is 1. The Morgan fingerprint density at radius 3 is 2.37 bits per heavy atom. The third-order valence-corrected chi connectivity index (χ3v) is 3.08. The average Bonchev–Trinajstić information content (AvgIpc) is 2.18. The van der Waals surface area contributed by atoms with Crippen LogP contribution < -0.4 is 5.32 Å². The first kappa shape index (κ1) is 18.5. The summed E-state index contributed by atoms with van der Waals surface area (Å²) in [6.07, 6.45) is 2.94. The zero-order valence-electron chi connectivity index (χ0n) is 12.1. The van der Waals surface area contributed by atoms with Gasteiger partial charge in [-0.15, -0.1) is 0 Å². The summed E-state index contributed by atoms with van der Waals surface area (Å²) in [4.78, 5) is 11.6. The fourth-order valence-corrected chi connectivity index (χ4v) is 2.07. The van der Waals surface area contributed by atoms with Crippen LogP contribution in [0.4, 0.5) is 4.79 Å². The molecule has 0 aromatic heterocycles. The Balaban J connectivity index is 4.37. The van der Waals surface area contributed by atoms with Crippen molar-refractivity contribution in [3.8, 4) is 0 Å². The molecule has 1 atom stereocenters. The van der Waals surface area contributed by atoms with Crippen molar-refractivity contribution >= 4 is 28.0 Å². The van der Waals surface area contributed by atoms with Gasteiger partial charge in [-0.1, -0.05) is 0 Å². The summed E-state index contributed by atoms with van der Waals surface area (Å²) >= 11 is 1.61. The number of carbonyl (C=O) groups is 1. The Labute approximate surface area is 119 Å². The molecule has 0 spiro atoms. The van der Waals surface area contributed by atoms with Gasteiger partial charge in [-0.3, -0.25) is 4.18 Å². The average molecular weight is 313 g/mol. The first-order valence-corrected chi connectivity index (χ1v) is 9.07. The van der Waals surface area contributed by atoms with Gasteiger partial charge in [-0.2, -0.15) is 20.2 Å². The van der Waals surface area contributed by atoms with Crippen molar-refractivity contribution in [2.75, 3.05) is 24.9 Å². The lowest BCUT2D eigenvalue weighted by molar-refractivity contribution is 0.0487. The number of rotatable bonds is 7. The van der Waals surface area contributed by atoms with E-state index >= 15 is 0 Å². The van der Waals surface area contributed by atoms with Gasteiger partial charge >= 0.3 is 6.09 Å². The van der Waals surface area contributed by atoms with Crippen molar-refractivity contribution in [1.29, 1.82) is 0 Å². The van der Waals surface area contributed by atoms with E-state index in [0.717, 1.165) is 12.0 Å². The fourth-order valence-electron chi connectivity index (χ4n) is 1.14. The maximum Gasteiger partial charge on any atom is 0.407 e. The van der Waals surface area contributed by atoms with Gasteiger partial charge in [0, 0.05) is 0 Å². The van der Waals surface area contributed by atoms with E-state index in [2.05, 4.69) is 5.32 Å². The molecule has 0 bridgehead atoms. The molecule has 6 nitrogen and oxygen atoms in total. The molecule has 0 aliphatic rings. The summed E-state index contributed by atoms with van der Waals surface area (Å²) < 4.78 is 31.7. The second kappa shape index (κ2) is 7.96. The number of carbonyl (C=O) groups excluding carboxylic acids is 1. The number of amides is 1. The van der Waals surface area contributed by atoms with Gasteiger partial charge in [-0.25, -0.2) is 4.79 Å². The summed E-state index contributed by atoms with van der Waals surface area (Å²) in [7, 11) is -3.51. The number of hydrogen-bond donors (Lipinski definition) is 1. The Kier molecular flexibility index (Phi) is 7.76. The Morgan fingerprint density at radius 2 is 1.95 bits per heavy atom. The summed E-state index contributed by atoms with van der Waals surface area (Å²) in [5.41, 5.74) is -0.591. The van der Waals surface area contributed by atoms with Crippen molar-refractivity contribution in [1.82, 2.24) is 5.32 Å². The van der Waals surface area contributed by atoms with Crippen LogP contribution in [0.3, 0.4) is 0 Å². The molecule has 0 aromatic carbocycles. The molecule has 0 aromatic rings. The lowest BCUT2D eigenvalue weighted by atomic mass is 10.2. The first-order chi connectivity index (χ1) is 8.53. The van der Waals surface area contributed by atoms with Gasteiger partial charge in [0.05, 0.1) is 18.9 Å². The number of thioether (sulfide) groups is 1. The third kappa shape index (κ3) is 12.3. The molecule has 1 amide bonds. The van der Waals surface area contributed by atoms with E-state index in [9.17, 15) is 13.2 Å². The monoisotopic (exact) mass is 313 g/mol. The van der Waals surface area contributed by atoms with Crippen molar-refractivity contribution in [3.05, 3.63) is 0 Å². The van der Waals surface area contributed by atoms with Crippen LogP contribution in [-0.2, 0) is 19.0 Å². The molecule has 0 radical (unpaired) electrons. The second-order valence-electron chi connectivity index (χ2n) is 5.11. The van der Waals surface area contributed by atoms with Gasteiger partial charge in [0.25, 0.3) is 10.1 Å². The van der Waals surface area contributed by atoms with Crippen LogP contribution >= 0.6 is 11.8 Å². The minimum atomic E-state index is -3.51. The molecule has 114 valence electrons. The topological polar surface area (TPSA) is 81.7 Å². The number of nitrogens with one attached hydrogen (secondary N) is 1. The van der Waals surface area contributed by atoms with Crippen molar-refractivity contribution < 1.29 is 22.1 Å². The number of ether oxygens (including phenoxy) is 1. The van der Waals surface area contributed by atoms with Crippen LogP contribution in [0.25, 0.3) is 0 Å². The smallest absolute Gasteiger partial charge is 0.407 e. The molecule has 19 heavy (non-hydrogen) atoms. The van der Waals surface area contributed by atoms with E-state index in [1.165, 1.54) is 0 Å². The second-order valence-corrected chi connectivity index (χ2v) is 7.74. The predicted octanol–water partition coefficient (Wildman–Crippen LogP) is 1.61. The van der Waals surface area contributed by atoms with E-state index in [-0.39, 0.29) is 6.61 Å². The third-order valence-electron chi connectivity index (χ3n) is 1.87. The summed E-state index contributed by atoms with van der Waals surface area (Å²) in [6.45, 7) is 5.20. The molecule has 0 saturated heterocycles. The van der Waals surface area contributed by atoms with Crippen LogP contribution in [0.1, 0.15) is 27.2 Å². The predicted molar refractivity (Wildman–Crippen MR) is 77.0 cm³/mol. The van der Waals surface area contributed by atoms with Crippen molar-refractivity contribution in [2.24, 2.45) is 0 Å². The minimum absolute atomic E-state index is 0.0847. The van der Waals surface area contributed by atoms with Gasteiger partial charge in [0.1, 0.15) is 5.60 Å². The zero-order valence-corrected chi connectivity index (χ0v) is 13.7. The molecular weight excluding hydrogens is 290 g/mol. The zero-order chi connectivity index (χ0) is 15.1. The van der Waals surface area contributed by atoms with Gasteiger partial charge in [-0.05, 0) is 39.2 Å². The highest BCUT2D eigenvalue weighted by Gasteiger charge is 2.20. The maximum absolute atomic E-state index is 11.6. The van der Waals surface area contributed by atoms with E-state index in [4.69, 9.17) is 8.92 Å². The van der Waals surface area contributed by atoms with Crippen LogP contribution in [0, 0.1) is 0 Å². The maximum atomic E-state index is 11.6. The highest BCUT2D eigenvalue weighted by Crippen LogP contribution is 2.08. The fraction of sp³-hybridized carbons (Fsp3) is 0.909. The molecule has 0 unspecified atom stereocenters. The van der Waals surface area contributed by atoms with Crippen LogP contribution in [0.2, 0.25) is 0 Å². The van der Waals surface area contributed by atoms with E-state index in [0.29, 0.717) is 6.42 Å². The molecule has 0 aliphatic carbocycles. The molecular formula is C11H23NO5S2. The lowest BCUT2D eigenvalue weighted by Crippen LogP contribution is -2.42. The lowest BCUT2D eigenvalue weighted by Gasteiger charge is -2.23. The Hall–Kier alpha value is -0.470. The first-order valence-electron chi connectivity index (χ1n) is 5.86. The molecule has 0 rings (SSSR count). The van der Waals surface area contributed by atoms with E-state index in [1.807, 2.05) is 6.26 Å². The van der Waals surface area contributed by atoms with E-state index < -0.39 is 27.9 Å². The Morgan fingerprint density at radius 1 is 1.37 bits per heavy atom. The van der Waals surface area contributed by atoms with Gasteiger partial charge < -0.3 is 10.1 Å². The number of hydrogen-bond acceptors (Lipinski definition) is 6. The molecule has 0 aliphatic heterocycles. The SMILES string of the molecule is CSCC[C@@H](COS(C)(=O)=O)NC(=O)OC(C)(C)C. The quantitative estimate of drug-likeness (QED) is 0.719. The Bertz CT molecular complexity index is 375. The van der Waals surface area contributed by atoms with Crippen LogP contribution in [-0.4, -0.2) is 51.0 Å². The minimum Gasteiger partial charge on any atom is -0.444 e. The summed E-state index contributed by atoms with van der Waals surface area (Å²) in [6, 6.07) is -0.392. The van der Waals surface area contributed by atoms with Gasteiger partial charge in [0.15, 0.2) is 0 Å². The summed E-state index contributed by atoms with van der Waals surface area (Å²) in [5, 5.41) is 2.62. The highest BCUT2D eigenvalue weighted by molar-refractivity contribution is 7.98. The van der Waals surface area contributed by atoms with Crippen LogP contribution in [0.15, 0.2) is 0 Å². The van der Waals surface area contributed by atoms with Crippen LogP contribution in [0.5, 0.6) is 0 Å². The molecule has 0 heterocycles. The molecule has 0 fully saturated rings. The normalized spacial score (nSPS) is 13.9. The van der Waals surface area contributed by atoms with E-state index in [1.54, 1.807) is 32.5 Å². The molecule has 1 N–H and O–H groups in total.